The number of pyridine rings is 1. The fourth-order valence-corrected chi connectivity index (χ4v) is 13.0. The van der Waals surface area contributed by atoms with Crippen molar-refractivity contribution in [2.75, 3.05) is 56.6 Å². The first-order valence-electron chi connectivity index (χ1n) is 26.4. The number of carbonyl (C=O) groups is 1. The molecule has 0 unspecified atom stereocenters. The van der Waals surface area contributed by atoms with E-state index < -0.39 is 56.1 Å². The van der Waals surface area contributed by atoms with E-state index in [2.05, 4.69) is 85.0 Å². The molecule has 1 amide bonds. The number of hydrogen-bond donors (Lipinski definition) is 4. The number of hydrogen-bond acceptors (Lipinski definition) is 13. The van der Waals surface area contributed by atoms with Crippen LogP contribution in [0.5, 0.6) is 17.2 Å². The Labute approximate surface area is 446 Å². The topological polar surface area (TPSA) is 195 Å². The van der Waals surface area contributed by atoms with Crippen molar-refractivity contribution >= 4 is 44.0 Å². The van der Waals surface area contributed by atoms with Crippen molar-refractivity contribution in [3.63, 3.8) is 0 Å². The van der Waals surface area contributed by atoms with Gasteiger partial charge in [0.15, 0.2) is 5.60 Å². The van der Waals surface area contributed by atoms with Crippen LogP contribution in [0, 0.1) is 21.4 Å². The molecule has 2 saturated carbocycles. The number of piperazine rings is 1. The monoisotopic (exact) mass is 1080 g/mol. The molecule has 2 saturated heterocycles. The molecule has 0 bridgehead atoms. The SMILES string of the molecule is COc1ccc(CN2CCN(C3CC4(CCN(c5ccc(C(=O)NS(=O)(=O)c6ccc(NC[C@H]7CC[C@@](O)(C(F)(F)F)CC7)c([N+](=O)[O-])c6)c(Oc6cnc7[nH]ccc7c6)c5)CC4)C3)[C@H](c3ccccc3C(C)C)C2)cc1. The van der Waals surface area contributed by atoms with Gasteiger partial charge in [-0.15, -0.1) is 0 Å². The van der Waals surface area contributed by atoms with Gasteiger partial charge in [0.2, 0.25) is 0 Å². The largest absolute Gasteiger partial charge is 0.497 e. The lowest BCUT2D eigenvalue weighted by molar-refractivity contribution is -0.384. The molecule has 16 nitrogen and oxygen atoms in total. The molecular formula is C57H65F3N8O8S. The highest BCUT2D eigenvalue weighted by Crippen LogP contribution is 2.54. The first-order valence-corrected chi connectivity index (χ1v) is 27.9. The molecule has 4 aromatic carbocycles. The molecule has 6 aromatic rings. The summed E-state index contributed by atoms with van der Waals surface area (Å²) in [5.74, 6) is 0.280. The molecule has 1 spiro atoms. The summed E-state index contributed by atoms with van der Waals surface area (Å²) in [6, 6.07) is 29.7. The second-order valence-corrected chi connectivity index (χ2v) is 23.4. The lowest BCUT2D eigenvalue weighted by atomic mass is 9.59. The summed E-state index contributed by atoms with van der Waals surface area (Å²) in [4.78, 5) is 40.1. The molecule has 2 aliphatic carbocycles. The van der Waals surface area contributed by atoms with Gasteiger partial charge in [-0.05, 0) is 134 Å². The molecule has 10 rings (SSSR count). The number of amides is 1. The van der Waals surface area contributed by atoms with Gasteiger partial charge in [-0.1, -0.05) is 50.2 Å². The second kappa shape index (κ2) is 21.6. The molecule has 2 aromatic heterocycles. The summed E-state index contributed by atoms with van der Waals surface area (Å²) in [7, 11) is -3.02. The Morgan fingerprint density at radius 1 is 0.935 bits per heavy atom. The van der Waals surface area contributed by atoms with Crippen LogP contribution in [0.4, 0.5) is 30.2 Å². The van der Waals surface area contributed by atoms with Crippen molar-refractivity contribution in [3.05, 3.63) is 142 Å². The third-order valence-corrected chi connectivity index (χ3v) is 17.9. The maximum atomic E-state index is 14.1. The van der Waals surface area contributed by atoms with Crippen molar-refractivity contribution in [2.24, 2.45) is 11.3 Å². The van der Waals surface area contributed by atoms with Gasteiger partial charge in [-0.3, -0.25) is 24.7 Å². The number of sulfonamides is 1. The number of nitrogens with zero attached hydrogens (tertiary/aromatic N) is 5. The number of nitrogens with one attached hydrogen (secondary N) is 3. The Kier molecular flexibility index (Phi) is 15.0. The van der Waals surface area contributed by atoms with Crippen LogP contribution >= 0.6 is 0 Å². The maximum absolute atomic E-state index is 14.1. The Hall–Kier alpha value is -6.74. The fourth-order valence-electron chi connectivity index (χ4n) is 12.1. The molecule has 4 heterocycles. The van der Waals surface area contributed by atoms with Crippen LogP contribution in [0.15, 0.2) is 114 Å². The van der Waals surface area contributed by atoms with E-state index in [1.54, 1.807) is 31.5 Å². The number of benzene rings is 4. The molecule has 408 valence electrons. The van der Waals surface area contributed by atoms with Gasteiger partial charge in [0.05, 0.1) is 28.7 Å². The standard InChI is InChI=1S/C57H65F3N8O8S/c1-37(2)46-6-4-5-7-47(46)51-36-65(35-39-8-11-43(75-3)12-9-39)26-27-67(51)42-31-55(32-42)21-24-66(25-22-55)41-10-14-48(52(29-41)76-44-28-40-18-23-61-53(40)63-34-44)54(69)64-77(73,74)45-13-15-49(50(30-45)68(71)72)62-33-38-16-19-56(70,20-17-38)57(58,59)60/h4-15,18,23,28-30,34,37-38,42,51,62,70H,16-17,19-22,24-27,31-33,35-36H2,1-3H3,(H,61,63)(H,64,69)/t38-,51-,56-/m0/s1. The van der Waals surface area contributed by atoms with Crippen LogP contribution in [-0.4, -0.2) is 108 Å². The van der Waals surface area contributed by atoms with Gasteiger partial charge >= 0.3 is 6.18 Å². The Bertz CT molecular complexity index is 3220. The average molecular weight is 1080 g/mol. The maximum Gasteiger partial charge on any atom is 0.417 e. The molecule has 2 aliphatic heterocycles. The van der Waals surface area contributed by atoms with Crippen molar-refractivity contribution in [1.82, 2.24) is 24.5 Å². The number of nitro benzene ring substituents is 1. The number of alkyl halides is 3. The highest BCUT2D eigenvalue weighted by atomic mass is 32.2. The number of halogens is 3. The van der Waals surface area contributed by atoms with E-state index in [1.165, 1.54) is 35.0 Å². The number of H-pyrrole nitrogens is 1. The number of anilines is 2. The zero-order valence-electron chi connectivity index (χ0n) is 43.4. The normalized spacial score (nSPS) is 21.5. The summed E-state index contributed by atoms with van der Waals surface area (Å²) < 4.78 is 81.6. The summed E-state index contributed by atoms with van der Waals surface area (Å²) in [5.41, 5.74) is 2.15. The fraction of sp³-hybridized carbons (Fsp3) is 0.439. The summed E-state index contributed by atoms with van der Waals surface area (Å²) in [5, 5.41) is 25.9. The minimum absolute atomic E-state index is 0.0284. The van der Waals surface area contributed by atoms with Gasteiger partial charge in [0.25, 0.3) is 21.6 Å². The minimum Gasteiger partial charge on any atom is -0.497 e. The van der Waals surface area contributed by atoms with Gasteiger partial charge in [-0.2, -0.15) is 13.2 Å². The van der Waals surface area contributed by atoms with Gasteiger partial charge < -0.3 is 29.8 Å². The van der Waals surface area contributed by atoms with E-state index in [1.807, 2.05) is 18.2 Å². The molecule has 0 radical (unpaired) electrons. The smallest absolute Gasteiger partial charge is 0.417 e. The van der Waals surface area contributed by atoms with E-state index in [0.717, 1.165) is 93.9 Å². The van der Waals surface area contributed by atoms with E-state index in [4.69, 9.17) is 9.47 Å². The summed E-state index contributed by atoms with van der Waals surface area (Å²) in [6.45, 7) is 9.92. The van der Waals surface area contributed by atoms with E-state index >= 15 is 0 Å². The Balaban J connectivity index is 0.822. The molecule has 4 aliphatic rings. The predicted octanol–water partition coefficient (Wildman–Crippen LogP) is 10.7. The third kappa shape index (κ3) is 11.5. The number of carbonyl (C=O) groups excluding carboxylic acids is 1. The second-order valence-electron chi connectivity index (χ2n) is 21.8. The lowest BCUT2D eigenvalue weighted by Crippen LogP contribution is -2.60. The molecule has 1 atom stereocenters. The Morgan fingerprint density at radius 3 is 2.38 bits per heavy atom. The zero-order chi connectivity index (χ0) is 54.3. The molecule has 4 N–H and O–H groups in total. The number of nitro groups is 1. The minimum atomic E-state index is -4.77. The van der Waals surface area contributed by atoms with Crippen LogP contribution in [-0.2, 0) is 16.6 Å². The first kappa shape index (κ1) is 53.6. The third-order valence-electron chi connectivity index (χ3n) is 16.6. The van der Waals surface area contributed by atoms with Gasteiger partial charge in [0, 0.05) is 87.3 Å². The van der Waals surface area contributed by atoms with E-state index in [9.17, 15) is 41.6 Å². The van der Waals surface area contributed by atoms with E-state index in [-0.39, 0.29) is 53.8 Å². The average Bonchev–Trinajstić information content (AvgIpc) is 3.92. The van der Waals surface area contributed by atoms with Crippen LogP contribution in [0.25, 0.3) is 11.0 Å². The van der Waals surface area contributed by atoms with Crippen LogP contribution in [0.1, 0.15) is 104 Å². The first-order chi connectivity index (χ1) is 36.8. The number of piperidine rings is 1. The Morgan fingerprint density at radius 2 is 1.68 bits per heavy atom. The summed E-state index contributed by atoms with van der Waals surface area (Å²) in [6.07, 6.45) is 1.70. The number of methoxy groups -OCH3 is 1. The highest BCUT2D eigenvalue weighted by Gasteiger charge is 2.55. The van der Waals surface area contributed by atoms with Crippen molar-refractivity contribution in [1.29, 1.82) is 0 Å². The number of aromatic amines is 1. The lowest BCUT2D eigenvalue weighted by Gasteiger charge is -2.58. The zero-order valence-corrected chi connectivity index (χ0v) is 44.2. The van der Waals surface area contributed by atoms with Crippen molar-refractivity contribution < 1.29 is 45.9 Å². The number of rotatable bonds is 16. The number of ether oxygens (including phenoxy) is 2. The van der Waals surface area contributed by atoms with Gasteiger partial charge in [0.1, 0.15) is 28.6 Å². The van der Waals surface area contributed by atoms with E-state index in [0.29, 0.717) is 23.4 Å². The highest BCUT2D eigenvalue weighted by molar-refractivity contribution is 7.90. The predicted molar refractivity (Wildman–Crippen MR) is 287 cm³/mol. The van der Waals surface area contributed by atoms with Crippen molar-refractivity contribution in [3.8, 4) is 17.2 Å². The van der Waals surface area contributed by atoms with Crippen LogP contribution < -0.4 is 24.4 Å². The molecular weight excluding hydrogens is 1010 g/mol. The number of aliphatic hydroxyl groups is 1. The van der Waals surface area contributed by atoms with Crippen LogP contribution in [0.2, 0.25) is 0 Å². The summed E-state index contributed by atoms with van der Waals surface area (Å²) >= 11 is 0. The van der Waals surface area contributed by atoms with Gasteiger partial charge in [-0.25, -0.2) is 18.1 Å². The molecule has 4 fully saturated rings. The van der Waals surface area contributed by atoms with Crippen molar-refractivity contribution in [2.45, 2.75) is 106 Å². The number of fused-ring (bicyclic) bond motifs is 1. The van der Waals surface area contributed by atoms with Crippen LogP contribution in [0.3, 0.4) is 0 Å². The molecule has 77 heavy (non-hydrogen) atoms. The number of aromatic nitrogens is 2. The quantitative estimate of drug-likeness (QED) is 0.0528. The molecule has 20 heteroatoms.